The highest BCUT2D eigenvalue weighted by molar-refractivity contribution is 9.10. The van der Waals surface area contributed by atoms with Gasteiger partial charge < -0.3 is 5.11 Å². The summed E-state index contributed by atoms with van der Waals surface area (Å²) in [6.07, 6.45) is 0. The Morgan fingerprint density at radius 2 is 1.47 bits per heavy atom. The number of rotatable bonds is 1. The molecule has 0 fully saturated rings. The lowest BCUT2D eigenvalue weighted by molar-refractivity contribution is 0.0699. The predicted molar refractivity (Wildman–Crippen MR) is 83.8 cm³/mol. The van der Waals surface area contributed by atoms with E-state index in [4.69, 9.17) is 0 Å². The molecule has 2 nitrogen and oxygen atoms in total. The van der Waals surface area contributed by atoms with Gasteiger partial charge in [0.05, 0.1) is 5.56 Å². The minimum atomic E-state index is -0.908. The summed E-state index contributed by atoms with van der Waals surface area (Å²) >= 11 is 6.85. The van der Waals surface area contributed by atoms with Crippen LogP contribution in [0.4, 0.5) is 0 Å². The second kappa shape index (κ2) is 4.62. The van der Waals surface area contributed by atoms with Crippen molar-refractivity contribution in [1.29, 1.82) is 0 Å². The fourth-order valence-electron chi connectivity index (χ4n) is 2.28. The monoisotopic (exact) mass is 378 g/mol. The molecule has 0 saturated carbocycles. The summed E-state index contributed by atoms with van der Waals surface area (Å²) in [6, 6.07) is 13.3. The van der Waals surface area contributed by atoms with Gasteiger partial charge in [0.1, 0.15) is 0 Å². The van der Waals surface area contributed by atoms with Crippen LogP contribution in [0.5, 0.6) is 0 Å². The molecule has 3 rings (SSSR count). The van der Waals surface area contributed by atoms with Crippen LogP contribution in [0.25, 0.3) is 21.5 Å². The Kier molecular flexibility index (Phi) is 3.07. The number of aromatic carboxylic acids is 1. The van der Waals surface area contributed by atoms with Crippen LogP contribution in [0.2, 0.25) is 0 Å². The van der Waals surface area contributed by atoms with E-state index in [0.717, 1.165) is 30.5 Å². The van der Waals surface area contributed by atoms with E-state index in [1.807, 2.05) is 36.4 Å². The summed E-state index contributed by atoms with van der Waals surface area (Å²) in [7, 11) is 0. The van der Waals surface area contributed by atoms with E-state index in [1.165, 1.54) is 0 Å². The zero-order chi connectivity index (χ0) is 13.6. The van der Waals surface area contributed by atoms with E-state index in [9.17, 15) is 9.90 Å². The van der Waals surface area contributed by atoms with Gasteiger partial charge in [-0.2, -0.15) is 0 Å². The Morgan fingerprint density at radius 3 is 2.16 bits per heavy atom. The van der Waals surface area contributed by atoms with Crippen molar-refractivity contribution in [2.45, 2.75) is 0 Å². The van der Waals surface area contributed by atoms with Crippen molar-refractivity contribution >= 4 is 59.4 Å². The lowest BCUT2D eigenvalue weighted by Gasteiger charge is -2.08. The first-order valence-electron chi connectivity index (χ1n) is 5.61. The Balaban J connectivity index is 2.57. The molecule has 0 radical (unpaired) electrons. The summed E-state index contributed by atoms with van der Waals surface area (Å²) in [5.41, 5.74) is 0.327. The molecule has 94 valence electrons. The summed E-state index contributed by atoms with van der Waals surface area (Å²) < 4.78 is 1.87. The topological polar surface area (TPSA) is 37.3 Å². The lowest BCUT2D eigenvalue weighted by Crippen LogP contribution is -1.98. The molecule has 3 aromatic carbocycles. The number of carboxylic acids is 1. The molecule has 0 spiro atoms. The fourth-order valence-corrected chi connectivity index (χ4v) is 3.02. The highest BCUT2D eigenvalue weighted by Gasteiger charge is 2.12. The van der Waals surface area contributed by atoms with Crippen LogP contribution in [-0.2, 0) is 0 Å². The number of benzene rings is 3. The molecule has 0 aliphatic carbocycles. The van der Waals surface area contributed by atoms with Crippen molar-refractivity contribution in [2.75, 3.05) is 0 Å². The normalized spacial score (nSPS) is 11.1. The van der Waals surface area contributed by atoms with Crippen LogP contribution in [0.3, 0.4) is 0 Å². The van der Waals surface area contributed by atoms with Crippen molar-refractivity contribution in [3.8, 4) is 0 Å². The van der Waals surface area contributed by atoms with Crippen molar-refractivity contribution < 1.29 is 9.90 Å². The van der Waals surface area contributed by atoms with E-state index in [1.54, 1.807) is 6.07 Å². The number of fused-ring (bicyclic) bond motifs is 3. The summed E-state index contributed by atoms with van der Waals surface area (Å²) in [5, 5.41) is 13.0. The van der Waals surface area contributed by atoms with Crippen LogP contribution in [-0.4, -0.2) is 11.1 Å². The molecule has 0 saturated heterocycles. The molecule has 3 aromatic rings. The molecule has 0 atom stereocenters. The lowest BCUT2D eigenvalue weighted by atomic mass is 9.97. The third kappa shape index (κ3) is 2.15. The van der Waals surface area contributed by atoms with Crippen molar-refractivity contribution in [2.24, 2.45) is 0 Å². The average molecular weight is 380 g/mol. The summed E-state index contributed by atoms with van der Waals surface area (Å²) in [4.78, 5) is 11.4. The van der Waals surface area contributed by atoms with Gasteiger partial charge in [-0.25, -0.2) is 4.79 Å². The van der Waals surface area contributed by atoms with E-state index in [-0.39, 0.29) is 0 Å². The number of hydrogen-bond donors (Lipinski definition) is 1. The second-order valence-electron chi connectivity index (χ2n) is 4.28. The highest BCUT2D eigenvalue weighted by atomic mass is 79.9. The average Bonchev–Trinajstić information content (AvgIpc) is 2.36. The molecule has 0 aliphatic heterocycles. The quantitative estimate of drug-likeness (QED) is 0.589. The van der Waals surface area contributed by atoms with Crippen molar-refractivity contribution in [3.05, 3.63) is 57.0 Å². The molecule has 0 aliphatic rings. The predicted octanol–water partition coefficient (Wildman–Crippen LogP) is 5.22. The van der Waals surface area contributed by atoms with Gasteiger partial charge in [-0.15, -0.1) is 0 Å². The second-order valence-corrected chi connectivity index (χ2v) is 6.12. The maximum absolute atomic E-state index is 11.4. The molecular weight excluding hydrogens is 372 g/mol. The number of carbonyl (C=O) groups is 1. The molecule has 1 N–H and O–H groups in total. The van der Waals surface area contributed by atoms with Gasteiger partial charge in [0, 0.05) is 8.95 Å². The highest BCUT2D eigenvalue weighted by Crippen LogP contribution is 2.32. The molecule has 4 heteroatoms. The Labute approximate surface area is 126 Å². The summed E-state index contributed by atoms with van der Waals surface area (Å²) in [5.74, 6) is -0.908. The van der Waals surface area contributed by atoms with E-state index >= 15 is 0 Å². The maximum atomic E-state index is 11.4. The van der Waals surface area contributed by atoms with Gasteiger partial charge in [0.15, 0.2) is 0 Å². The van der Waals surface area contributed by atoms with Gasteiger partial charge in [0.2, 0.25) is 0 Å². The van der Waals surface area contributed by atoms with E-state index in [0.29, 0.717) is 5.56 Å². The van der Waals surface area contributed by atoms with Crippen LogP contribution in [0.1, 0.15) is 10.4 Å². The maximum Gasteiger partial charge on any atom is 0.336 e. The molecule has 0 unspecified atom stereocenters. The molecular formula is C15H8Br2O2. The standard InChI is InChI=1S/C15H8Br2O2/c16-9-1-3-11-8(5-9)6-14(15(18)19)12-4-2-10(17)7-13(11)12/h1-7H,(H,18,19). The number of carboxylic acid groups (broad SMARTS) is 1. The number of hydrogen-bond acceptors (Lipinski definition) is 1. The SMILES string of the molecule is O=C(O)c1cc2cc(Br)ccc2c2cc(Br)ccc12. The Bertz CT molecular complexity index is 825. The first-order chi connectivity index (χ1) is 9.06. The molecule has 0 aromatic heterocycles. The zero-order valence-corrected chi connectivity index (χ0v) is 12.8. The van der Waals surface area contributed by atoms with Crippen molar-refractivity contribution in [3.63, 3.8) is 0 Å². The third-order valence-corrected chi connectivity index (χ3v) is 4.09. The van der Waals surface area contributed by atoms with Gasteiger partial charge >= 0.3 is 5.97 Å². The van der Waals surface area contributed by atoms with Crippen molar-refractivity contribution in [1.82, 2.24) is 0 Å². The van der Waals surface area contributed by atoms with Gasteiger partial charge in [-0.1, -0.05) is 44.0 Å². The third-order valence-electron chi connectivity index (χ3n) is 3.11. The van der Waals surface area contributed by atoms with E-state index in [2.05, 4.69) is 31.9 Å². The number of halogens is 2. The van der Waals surface area contributed by atoms with Crippen LogP contribution >= 0.6 is 31.9 Å². The van der Waals surface area contributed by atoms with E-state index < -0.39 is 5.97 Å². The van der Waals surface area contributed by atoms with Gasteiger partial charge in [-0.05, 0) is 51.9 Å². The minimum Gasteiger partial charge on any atom is -0.478 e. The molecule has 19 heavy (non-hydrogen) atoms. The van der Waals surface area contributed by atoms with Crippen LogP contribution < -0.4 is 0 Å². The largest absolute Gasteiger partial charge is 0.478 e. The minimum absolute atomic E-state index is 0.327. The fraction of sp³-hybridized carbons (Fsp3) is 0. The Morgan fingerprint density at radius 1 is 0.842 bits per heavy atom. The van der Waals surface area contributed by atoms with Gasteiger partial charge in [0.25, 0.3) is 0 Å². The zero-order valence-electron chi connectivity index (χ0n) is 9.65. The van der Waals surface area contributed by atoms with Crippen LogP contribution in [0, 0.1) is 0 Å². The van der Waals surface area contributed by atoms with Crippen LogP contribution in [0.15, 0.2) is 51.4 Å². The van der Waals surface area contributed by atoms with Gasteiger partial charge in [-0.3, -0.25) is 0 Å². The Hall–Kier alpha value is -1.39. The molecule has 0 amide bonds. The first kappa shape index (κ1) is 12.6. The first-order valence-corrected chi connectivity index (χ1v) is 7.20. The summed E-state index contributed by atoms with van der Waals surface area (Å²) in [6.45, 7) is 0. The molecule has 0 heterocycles. The molecule has 0 bridgehead atoms. The smallest absolute Gasteiger partial charge is 0.336 e.